The van der Waals surface area contributed by atoms with Crippen LogP contribution >= 0.6 is 15.9 Å². The van der Waals surface area contributed by atoms with E-state index >= 15 is 0 Å². The zero-order valence-corrected chi connectivity index (χ0v) is 18.4. The molecule has 3 rings (SSSR count). The third kappa shape index (κ3) is 6.52. The molecule has 0 spiro atoms. The van der Waals surface area contributed by atoms with E-state index in [-0.39, 0.29) is 17.9 Å². The maximum absolute atomic E-state index is 12.5. The van der Waals surface area contributed by atoms with Gasteiger partial charge in [-0.3, -0.25) is 9.59 Å². The number of aryl methyl sites for hydroxylation is 1. The Labute approximate surface area is 188 Å². The number of ether oxygens (including phenoxy) is 1. The molecule has 0 saturated carbocycles. The van der Waals surface area contributed by atoms with Crippen LogP contribution in [0.15, 0.2) is 77.3 Å². The number of rotatable bonds is 7. The Bertz CT molecular complexity index is 1100. The van der Waals surface area contributed by atoms with Gasteiger partial charge in [-0.25, -0.2) is 4.79 Å². The van der Waals surface area contributed by atoms with Crippen LogP contribution in [-0.4, -0.2) is 24.4 Å². The molecule has 3 aromatic rings. The van der Waals surface area contributed by atoms with Gasteiger partial charge in [0, 0.05) is 10.2 Å². The minimum Gasteiger partial charge on any atom is -0.452 e. The first-order chi connectivity index (χ1) is 14.9. The summed E-state index contributed by atoms with van der Waals surface area (Å²) in [6, 6.07) is 21.3. The number of carbonyl (C=O) groups is 3. The van der Waals surface area contributed by atoms with Crippen LogP contribution < -0.4 is 10.6 Å². The molecule has 0 atom stereocenters. The van der Waals surface area contributed by atoms with Crippen molar-refractivity contribution >= 4 is 45.1 Å². The van der Waals surface area contributed by atoms with Gasteiger partial charge in [-0.1, -0.05) is 58.4 Å². The average molecular weight is 481 g/mol. The summed E-state index contributed by atoms with van der Waals surface area (Å²) in [5.74, 6) is -1.41. The second-order valence-corrected chi connectivity index (χ2v) is 7.76. The second-order valence-electron chi connectivity index (χ2n) is 6.84. The third-order valence-corrected chi connectivity index (χ3v) is 4.92. The Morgan fingerprint density at radius 2 is 1.52 bits per heavy atom. The van der Waals surface area contributed by atoms with E-state index in [1.165, 1.54) is 6.07 Å². The van der Waals surface area contributed by atoms with Crippen molar-refractivity contribution in [2.24, 2.45) is 0 Å². The Balaban J connectivity index is 1.59. The molecular formula is C24H21BrN2O4. The van der Waals surface area contributed by atoms with Gasteiger partial charge in [0.15, 0.2) is 6.61 Å². The van der Waals surface area contributed by atoms with Crippen molar-refractivity contribution in [3.8, 4) is 0 Å². The van der Waals surface area contributed by atoms with Crippen LogP contribution in [0.5, 0.6) is 0 Å². The standard InChI is InChI=1S/C24H21BrN2O4/c1-16-13-18(25)11-12-20(16)26-23(29)15-31-24(30)19-9-5-6-10-21(19)27-22(28)14-17-7-3-2-4-8-17/h2-13H,14-15H2,1H3,(H,26,29)(H,27,28). The molecule has 0 aromatic heterocycles. The van der Waals surface area contributed by atoms with Crippen molar-refractivity contribution in [2.75, 3.05) is 17.2 Å². The number of hydrogen-bond acceptors (Lipinski definition) is 4. The van der Waals surface area contributed by atoms with Crippen LogP contribution in [0.4, 0.5) is 11.4 Å². The molecular weight excluding hydrogens is 460 g/mol. The SMILES string of the molecule is Cc1cc(Br)ccc1NC(=O)COC(=O)c1ccccc1NC(=O)Cc1ccccc1. The Morgan fingerprint density at radius 3 is 2.26 bits per heavy atom. The lowest BCUT2D eigenvalue weighted by atomic mass is 10.1. The zero-order valence-electron chi connectivity index (χ0n) is 16.9. The molecule has 0 aliphatic heterocycles. The molecule has 3 aromatic carbocycles. The van der Waals surface area contributed by atoms with Crippen molar-refractivity contribution in [3.63, 3.8) is 0 Å². The highest BCUT2D eigenvalue weighted by Crippen LogP contribution is 2.20. The summed E-state index contributed by atoms with van der Waals surface area (Å²) in [7, 11) is 0. The molecule has 0 bridgehead atoms. The van der Waals surface area contributed by atoms with Gasteiger partial charge >= 0.3 is 5.97 Å². The molecule has 0 heterocycles. The van der Waals surface area contributed by atoms with Crippen molar-refractivity contribution in [1.82, 2.24) is 0 Å². The highest BCUT2D eigenvalue weighted by molar-refractivity contribution is 9.10. The molecule has 0 aliphatic carbocycles. The molecule has 0 fully saturated rings. The number of carbonyl (C=O) groups excluding carboxylic acids is 3. The maximum atomic E-state index is 12.5. The van der Waals surface area contributed by atoms with Gasteiger partial charge in [0.05, 0.1) is 17.7 Å². The Kier molecular flexibility index (Phi) is 7.56. The fraction of sp³-hybridized carbons (Fsp3) is 0.125. The summed E-state index contributed by atoms with van der Waals surface area (Å²) in [6.07, 6.45) is 0.180. The average Bonchev–Trinajstić information content (AvgIpc) is 2.75. The van der Waals surface area contributed by atoms with E-state index in [1.807, 2.05) is 49.4 Å². The van der Waals surface area contributed by atoms with E-state index < -0.39 is 18.5 Å². The molecule has 7 heteroatoms. The molecule has 2 N–H and O–H groups in total. The highest BCUT2D eigenvalue weighted by Gasteiger charge is 2.16. The highest BCUT2D eigenvalue weighted by atomic mass is 79.9. The number of halogens is 1. The van der Waals surface area contributed by atoms with E-state index in [0.717, 1.165) is 15.6 Å². The maximum Gasteiger partial charge on any atom is 0.340 e. The summed E-state index contributed by atoms with van der Waals surface area (Å²) in [5.41, 5.74) is 2.88. The predicted molar refractivity (Wildman–Crippen MR) is 123 cm³/mol. The van der Waals surface area contributed by atoms with Crippen LogP contribution in [0, 0.1) is 6.92 Å². The van der Waals surface area contributed by atoms with Crippen LogP contribution in [0.25, 0.3) is 0 Å². The number of benzene rings is 3. The number of amides is 2. The molecule has 0 unspecified atom stereocenters. The predicted octanol–water partition coefficient (Wildman–Crippen LogP) is 4.73. The van der Waals surface area contributed by atoms with Crippen molar-refractivity contribution in [1.29, 1.82) is 0 Å². The smallest absolute Gasteiger partial charge is 0.340 e. The largest absolute Gasteiger partial charge is 0.452 e. The third-order valence-electron chi connectivity index (χ3n) is 4.43. The van der Waals surface area contributed by atoms with E-state index in [1.54, 1.807) is 24.3 Å². The zero-order chi connectivity index (χ0) is 22.2. The van der Waals surface area contributed by atoms with Crippen molar-refractivity contribution < 1.29 is 19.1 Å². The molecule has 0 aliphatic rings. The van der Waals surface area contributed by atoms with E-state index in [2.05, 4.69) is 26.6 Å². The van der Waals surface area contributed by atoms with Gasteiger partial charge in [0.25, 0.3) is 5.91 Å². The molecule has 0 radical (unpaired) electrons. The van der Waals surface area contributed by atoms with Crippen LogP contribution in [0.3, 0.4) is 0 Å². The second kappa shape index (κ2) is 10.5. The first kappa shape index (κ1) is 22.2. The van der Waals surface area contributed by atoms with Gasteiger partial charge in [-0.05, 0) is 48.4 Å². The van der Waals surface area contributed by atoms with Gasteiger partial charge in [-0.2, -0.15) is 0 Å². The number of para-hydroxylation sites is 1. The molecule has 2 amide bonds. The lowest BCUT2D eigenvalue weighted by Crippen LogP contribution is -2.22. The number of anilines is 2. The normalized spacial score (nSPS) is 10.3. The summed E-state index contributed by atoms with van der Waals surface area (Å²) in [5, 5.41) is 5.45. The number of nitrogens with one attached hydrogen (secondary N) is 2. The minimum atomic E-state index is -0.696. The molecule has 158 valence electrons. The van der Waals surface area contributed by atoms with Crippen molar-refractivity contribution in [3.05, 3.63) is 94.0 Å². The van der Waals surface area contributed by atoms with Crippen LogP contribution in [0.1, 0.15) is 21.5 Å². The van der Waals surface area contributed by atoms with Crippen LogP contribution in [-0.2, 0) is 20.7 Å². The van der Waals surface area contributed by atoms with Gasteiger partial charge in [-0.15, -0.1) is 0 Å². The lowest BCUT2D eigenvalue weighted by molar-refractivity contribution is -0.119. The Morgan fingerprint density at radius 1 is 0.839 bits per heavy atom. The van der Waals surface area contributed by atoms with E-state index in [0.29, 0.717) is 11.4 Å². The summed E-state index contributed by atoms with van der Waals surface area (Å²) < 4.78 is 6.06. The topological polar surface area (TPSA) is 84.5 Å². The molecule has 31 heavy (non-hydrogen) atoms. The summed E-state index contributed by atoms with van der Waals surface area (Å²) >= 11 is 3.37. The first-order valence-corrected chi connectivity index (χ1v) is 10.4. The first-order valence-electron chi connectivity index (χ1n) is 9.58. The van der Waals surface area contributed by atoms with Gasteiger partial charge in [0.2, 0.25) is 5.91 Å². The van der Waals surface area contributed by atoms with E-state index in [4.69, 9.17) is 4.74 Å². The van der Waals surface area contributed by atoms with Crippen LogP contribution in [0.2, 0.25) is 0 Å². The minimum absolute atomic E-state index is 0.177. The van der Waals surface area contributed by atoms with E-state index in [9.17, 15) is 14.4 Å². The van der Waals surface area contributed by atoms with Gasteiger partial charge in [0.1, 0.15) is 0 Å². The number of esters is 1. The molecule has 0 saturated heterocycles. The van der Waals surface area contributed by atoms with Gasteiger partial charge < -0.3 is 15.4 Å². The fourth-order valence-electron chi connectivity index (χ4n) is 2.91. The number of hydrogen-bond donors (Lipinski definition) is 2. The monoisotopic (exact) mass is 480 g/mol. The molecule has 6 nitrogen and oxygen atoms in total. The summed E-state index contributed by atoms with van der Waals surface area (Å²) in [4.78, 5) is 37.0. The Hall–Kier alpha value is -3.45. The van der Waals surface area contributed by atoms with Crippen molar-refractivity contribution in [2.45, 2.75) is 13.3 Å². The lowest BCUT2D eigenvalue weighted by Gasteiger charge is -2.12. The fourth-order valence-corrected chi connectivity index (χ4v) is 3.38. The quantitative estimate of drug-likeness (QED) is 0.478. The summed E-state index contributed by atoms with van der Waals surface area (Å²) in [6.45, 7) is 1.42.